The van der Waals surface area contributed by atoms with Crippen LogP contribution in [0.1, 0.15) is 34.6 Å². The summed E-state index contributed by atoms with van der Waals surface area (Å²) in [4.78, 5) is 4.05. The number of hydrogen-bond acceptors (Lipinski definition) is 1. The first-order valence-electron chi connectivity index (χ1n) is 3.94. The lowest BCUT2D eigenvalue weighted by Crippen LogP contribution is -1.76. The van der Waals surface area contributed by atoms with Gasteiger partial charge in [0.15, 0.2) is 0 Å². The third-order valence-electron chi connectivity index (χ3n) is 0.933. The maximum absolute atomic E-state index is 4.05. The number of rotatable bonds is 2. The standard InChI is InChI=1S/C7H13N.C2H6/c1-4-7(3)6-8-5-2;1-2/h4,6H,5H2,1-3H3;1-2H3/b7-4-,8-6?;. The molecule has 60 valence electrons. The van der Waals surface area contributed by atoms with Crippen molar-refractivity contribution in [1.82, 2.24) is 0 Å². The molecule has 0 N–H and O–H groups in total. The zero-order chi connectivity index (χ0) is 8.41. The van der Waals surface area contributed by atoms with Crippen molar-refractivity contribution < 1.29 is 0 Å². The fourth-order valence-electron chi connectivity index (χ4n) is 0.310. The molecule has 0 saturated heterocycles. The van der Waals surface area contributed by atoms with Gasteiger partial charge in [-0.15, -0.1) is 0 Å². The smallest absolute Gasteiger partial charge is 0.0361 e. The molecule has 0 bridgehead atoms. The Hall–Kier alpha value is -0.590. The average Bonchev–Trinajstić information content (AvgIpc) is 2.04. The summed E-state index contributed by atoms with van der Waals surface area (Å²) >= 11 is 0. The summed E-state index contributed by atoms with van der Waals surface area (Å²) in [5.41, 5.74) is 1.23. The van der Waals surface area contributed by atoms with E-state index in [0.717, 1.165) is 6.54 Å². The maximum Gasteiger partial charge on any atom is 0.0361 e. The number of allylic oxidation sites excluding steroid dienone is 2. The van der Waals surface area contributed by atoms with Crippen LogP contribution in [0.3, 0.4) is 0 Å². The van der Waals surface area contributed by atoms with Gasteiger partial charge in [0.05, 0.1) is 0 Å². The summed E-state index contributed by atoms with van der Waals surface area (Å²) in [5, 5.41) is 0. The first-order chi connectivity index (χ1) is 4.81. The van der Waals surface area contributed by atoms with Crippen LogP contribution in [-0.2, 0) is 0 Å². The van der Waals surface area contributed by atoms with Gasteiger partial charge < -0.3 is 0 Å². The molecule has 0 heterocycles. The maximum atomic E-state index is 4.05. The predicted molar refractivity (Wildman–Crippen MR) is 49.8 cm³/mol. The summed E-state index contributed by atoms with van der Waals surface area (Å²) in [5.74, 6) is 0. The van der Waals surface area contributed by atoms with Crippen molar-refractivity contribution in [2.24, 2.45) is 4.99 Å². The van der Waals surface area contributed by atoms with Gasteiger partial charge in [0.1, 0.15) is 0 Å². The van der Waals surface area contributed by atoms with E-state index < -0.39 is 0 Å². The lowest BCUT2D eigenvalue weighted by molar-refractivity contribution is 1.14. The van der Waals surface area contributed by atoms with Crippen LogP contribution in [0.5, 0.6) is 0 Å². The molecule has 0 aromatic rings. The van der Waals surface area contributed by atoms with Crippen molar-refractivity contribution >= 4 is 6.21 Å². The quantitative estimate of drug-likeness (QED) is 0.524. The highest BCUT2D eigenvalue weighted by Crippen LogP contribution is 1.84. The Morgan fingerprint density at radius 2 is 1.90 bits per heavy atom. The molecule has 10 heavy (non-hydrogen) atoms. The monoisotopic (exact) mass is 141 g/mol. The molecule has 0 aliphatic heterocycles. The fourth-order valence-corrected chi connectivity index (χ4v) is 0.310. The van der Waals surface area contributed by atoms with Gasteiger partial charge in [0.2, 0.25) is 0 Å². The van der Waals surface area contributed by atoms with Crippen LogP contribution in [0.15, 0.2) is 16.6 Å². The van der Waals surface area contributed by atoms with Gasteiger partial charge in [0.25, 0.3) is 0 Å². The van der Waals surface area contributed by atoms with E-state index >= 15 is 0 Å². The molecule has 0 amide bonds. The summed E-state index contributed by atoms with van der Waals surface area (Å²) < 4.78 is 0. The van der Waals surface area contributed by atoms with Gasteiger partial charge >= 0.3 is 0 Å². The van der Waals surface area contributed by atoms with Gasteiger partial charge in [-0.1, -0.05) is 19.9 Å². The number of aliphatic imine (C=N–C) groups is 1. The Kier molecular flexibility index (Phi) is 13.6. The van der Waals surface area contributed by atoms with Gasteiger partial charge in [-0.3, -0.25) is 4.99 Å². The minimum absolute atomic E-state index is 0.880. The van der Waals surface area contributed by atoms with Crippen LogP contribution in [0.4, 0.5) is 0 Å². The third-order valence-corrected chi connectivity index (χ3v) is 0.933. The van der Waals surface area contributed by atoms with Crippen molar-refractivity contribution in [2.45, 2.75) is 34.6 Å². The molecular formula is C9H19N. The Morgan fingerprint density at radius 3 is 2.20 bits per heavy atom. The highest BCUT2D eigenvalue weighted by atomic mass is 14.7. The fraction of sp³-hybridized carbons (Fsp3) is 0.667. The van der Waals surface area contributed by atoms with E-state index in [1.165, 1.54) is 5.57 Å². The molecule has 0 fully saturated rings. The second kappa shape index (κ2) is 11.2. The van der Waals surface area contributed by atoms with Crippen LogP contribution in [-0.4, -0.2) is 12.8 Å². The first kappa shape index (κ1) is 12.1. The normalized spacial score (nSPS) is 11.1. The second-order valence-electron chi connectivity index (χ2n) is 1.66. The molecule has 1 heteroatoms. The first-order valence-corrected chi connectivity index (χ1v) is 3.94. The molecule has 0 aromatic carbocycles. The second-order valence-corrected chi connectivity index (χ2v) is 1.66. The summed E-state index contributed by atoms with van der Waals surface area (Å²) in [7, 11) is 0. The molecule has 0 rings (SSSR count). The Bertz CT molecular complexity index is 101. The lowest BCUT2D eigenvalue weighted by Gasteiger charge is -1.83. The number of nitrogens with zero attached hydrogens (tertiary/aromatic N) is 1. The Balaban J connectivity index is 0. The van der Waals surface area contributed by atoms with Crippen LogP contribution in [0, 0.1) is 0 Å². The highest BCUT2D eigenvalue weighted by Gasteiger charge is 1.73. The highest BCUT2D eigenvalue weighted by molar-refractivity contribution is 5.77. The van der Waals surface area contributed by atoms with E-state index in [2.05, 4.69) is 4.99 Å². The van der Waals surface area contributed by atoms with Crippen LogP contribution in [0.2, 0.25) is 0 Å². The summed E-state index contributed by atoms with van der Waals surface area (Å²) in [6.45, 7) is 11.0. The molecule has 0 unspecified atom stereocenters. The SMILES string of the molecule is C/C=C(/C)C=NCC.CC. The molecule has 0 aliphatic rings. The minimum Gasteiger partial charge on any atom is -0.293 e. The molecule has 0 saturated carbocycles. The molecule has 0 radical (unpaired) electrons. The Labute approximate surface area is 64.9 Å². The zero-order valence-corrected chi connectivity index (χ0v) is 7.81. The van der Waals surface area contributed by atoms with Gasteiger partial charge in [-0.2, -0.15) is 0 Å². The van der Waals surface area contributed by atoms with Gasteiger partial charge in [-0.25, -0.2) is 0 Å². The van der Waals surface area contributed by atoms with Crippen molar-refractivity contribution in [3.63, 3.8) is 0 Å². The molecule has 0 aromatic heterocycles. The van der Waals surface area contributed by atoms with Crippen molar-refractivity contribution in [2.75, 3.05) is 6.54 Å². The minimum atomic E-state index is 0.880. The molecular weight excluding hydrogens is 122 g/mol. The predicted octanol–water partition coefficient (Wildman–Crippen LogP) is 3.07. The van der Waals surface area contributed by atoms with E-state index in [9.17, 15) is 0 Å². The van der Waals surface area contributed by atoms with E-state index in [1.807, 2.05) is 46.9 Å². The van der Waals surface area contributed by atoms with E-state index in [-0.39, 0.29) is 0 Å². The molecule has 0 atom stereocenters. The van der Waals surface area contributed by atoms with E-state index in [1.54, 1.807) is 0 Å². The molecule has 0 aliphatic carbocycles. The lowest BCUT2D eigenvalue weighted by atomic mass is 10.3. The van der Waals surface area contributed by atoms with E-state index in [0.29, 0.717) is 0 Å². The zero-order valence-electron chi connectivity index (χ0n) is 7.81. The summed E-state index contributed by atoms with van der Waals surface area (Å²) in [6.07, 6.45) is 3.93. The van der Waals surface area contributed by atoms with Crippen molar-refractivity contribution in [3.05, 3.63) is 11.6 Å². The van der Waals surface area contributed by atoms with Crippen molar-refractivity contribution in [3.8, 4) is 0 Å². The van der Waals surface area contributed by atoms with E-state index in [4.69, 9.17) is 0 Å². The van der Waals surface area contributed by atoms with Gasteiger partial charge in [-0.05, 0) is 26.3 Å². The third kappa shape index (κ3) is 10.4. The van der Waals surface area contributed by atoms with Crippen LogP contribution < -0.4 is 0 Å². The topological polar surface area (TPSA) is 12.4 Å². The molecule has 1 nitrogen and oxygen atoms in total. The van der Waals surface area contributed by atoms with Gasteiger partial charge in [0, 0.05) is 12.8 Å². The molecule has 0 spiro atoms. The van der Waals surface area contributed by atoms with Crippen LogP contribution in [0.25, 0.3) is 0 Å². The Morgan fingerprint density at radius 1 is 1.40 bits per heavy atom. The summed E-state index contributed by atoms with van der Waals surface area (Å²) in [6, 6.07) is 0. The largest absolute Gasteiger partial charge is 0.293 e. The van der Waals surface area contributed by atoms with Crippen LogP contribution >= 0.6 is 0 Å². The average molecular weight is 141 g/mol. The number of hydrogen-bond donors (Lipinski definition) is 0. The van der Waals surface area contributed by atoms with Crippen molar-refractivity contribution in [1.29, 1.82) is 0 Å².